The molecule has 7 nitrogen and oxygen atoms in total. The molecule has 92 valence electrons. The van der Waals surface area contributed by atoms with Gasteiger partial charge in [-0.1, -0.05) is 12.1 Å². The molecule has 0 unspecified atom stereocenters. The van der Waals surface area contributed by atoms with Crippen LogP contribution in [0.1, 0.15) is 5.69 Å². The zero-order chi connectivity index (χ0) is 13.1. The van der Waals surface area contributed by atoms with Crippen LogP contribution in [0.15, 0.2) is 44.1 Å². The summed E-state index contributed by atoms with van der Waals surface area (Å²) in [6, 6.07) is 6.33. The van der Waals surface area contributed by atoms with Crippen molar-refractivity contribution in [3.8, 4) is 5.75 Å². The molecular formula is C11H10N4O3. The Bertz CT molecular complexity index is 715. The third-order valence-corrected chi connectivity index (χ3v) is 2.24. The first kappa shape index (κ1) is 11.8. The van der Waals surface area contributed by atoms with E-state index in [0.717, 1.165) is 0 Å². The standard InChI is InChI=1S/C11H10N4O3/c1-6-9(10(17)13-11(18)12-6)15-14-7-4-2-3-5-8(7)16/h2-5,16H,1H3,(H2,12,13,17,18). The predicted octanol–water partition coefficient (Wildman–Crippen LogP) is 1.49. The highest BCUT2D eigenvalue weighted by Crippen LogP contribution is 2.26. The number of nitrogens with zero attached hydrogens (tertiary/aromatic N) is 2. The van der Waals surface area contributed by atoms with E-state index >= 15 is 0 Å². The summed E-state index contributed by atoms with van der Waals surface area (Å²) in [5, 5.41) is 17.0. The van der Waals surface area contributed by atoms with Gasteiger partial charge < -0.3 is 10.1 Å². The minimum atomic E-state index is -0.629. The lowest BCUT2D eigenvalue weighted by atomic mass is 10.3. The van der Waals surface area contributed by atoms with Gasteiger partial charge in [0.05, 0.1) is 0 Å². The number of aryl methyl sites for hydroxylation is 1. The smallest absolute Gasteiger partial charge is 0.326 e. The van der Waals surface area contributed by atoms with Gasteiger partial charge in [0, 0.05) is 5.69 Å². The number of hydrogen-bond acceptors (Lipinski definition) is 5. The molecule has 0 saturated carbocycles. The van der Waals surface area contributed by atoms with Gasteiger partial charge in [-0.15, -0.1) is 10.2 Å². The molecule has 3 N–H and O–H groups in total. The van der Waals surface area contributed by atoms with E-state index in [1.54, 1.807) is 18.2 Å². The van der Waals surface area contributed by atoms with Gasteiger partial charge in [0.15, 0.2) is 5.69 Å². The van der Waals surface area contributed by atoms with Gasteiger partial charge >= 0.3 is 5.69 Å². The van der Waals surface area contributed by atoms with Crippen molar-refractivity contribution in [3.63, 3.8) is 0 Å². The summed E-state index contributed by atoms with van der Waals surface area (Å²) in [6.07, 6.45) is 0. The number of aromatic nitrogens is 2. The van der Waals surface area contributed by atoms with E-state index < -0.39 is 11.2 Å². The number of azo groups is 1. The molecule has 0 atom stereocenters. The number of aromatic hydroxyl groups is 1. The highest BCUT2D eigenvalue weighted by Gasteiger charge is 2.04. The topological polar surface area (TPSA) is 111 Å². The van der Waals surface area contributed by atoms with E-state index in [1.807, 2.05) is 4.98 Å². The van der Waals surface area contributed by atoms with Crippen LogP contribution in [-0.4, -0.2) is 15.1 Å². The van der Waals surface area contributed by atoms with E-state index in [-0.39, 0.29) is 17.1 Å². The molecule has 2 aromatic rings. The van der Waals surface area contributed by atoms with Gasteiger partial charge in [0.1, 0.15) is 11.4 Å². The fourth-order valence-electron chi connectivity index (χ4n) is 1.37. The van der Waals surface area contributed by atoms with Gasteiger partial charge in [-0.25, -0.2) is 4.79 Å². The van der Waals surface area contributed by atoms with Crippen LogP contribution in [0.4, 0.5) is 11.4 Å². The summed E-state index contributed by atoms with van der Waals surface area (Å²) in [4.78, 5) is 26.9. The number of para-hydroxylation sites is 1. The average Bonchev–Trinajstić information content (AvgIpc) is 2.30. The van der Waals surface area contributed by atoms with Crippen LogP contribution >= 0.6 is 0 Å². The fourth-order valence-corrected chi connectivity index (χ4v) is 1.37. The van der Waals surface area contributed by atoms with Crippen LogP contribution in [0, 0.1) is 6.92 Å². The van der Waals surface area contributed by atoms with Crippen LogP contribution in [-0.2, 0) is 0 Å². The number of phenolic OH excluding ortho intramolecular Hbond substituents is 1. The maximum atomic E-state index is 11.5. The van der Waals surface area contributed by atoms with Crippen LogP contribution in [0.5, 0.6) is 5.75 Å². The first-order chi connectivity index (χ1) is 8.58. The van der Waals surface area contributed by atoms with E-state index in [0.29, 0.717) is 5.69 Å². The normalized spacial score (nSPS) is 10.9. The Morgan fingerprint density at radius 2 is 1.83 bits per heavy atom. The third-order valence-electron chi connectivity index (χ3n) is 2.24. The number of phenols is 1. The van der Waals surface area contributed by atoms with Gasteiger partial charge in [-0.2, -0.15) is 0 Å². The minimum absolute atomic E-state index is 0.00199. The zero-order valence-corrected chi connectivity index (χ0v) is 9.47. The maximum absolute atomic E-state index is 11.5. The molecule has 18 heavy (non-hydrogen) atoms. The highest BCUT2D eigenvalue weighted by molar-refractivity contribution is 5.50. The quantitative estimate of drug-likeness (QED) is 0.698. The largest absolute Gasteiger partial charge is 0.506 e. The first-order valence-electron chi connectivity index (χ1n) is 5.11. The van der Waals surface area contributed by atoms with Crippen LogP contribution in [0.25, 0.3) is 0 Å². The molecule has 1 aromatic carbocycles. The van der Waals surface area contributed by atoms with Gasteiger partial charge in [-0.3, -0.25) is 9.78 Å². The number of rotatable bonds is 2. The van der Waals surface area contributed by atoms with Gasteiger partial charge in [0.2, 0.25) is 0 Å². The fraction of sp³-hybridized carbons (Fsp3) is 0.0909. The lowest BCUT2D eigenvalue weighted by Gasteiger charge is -1.98. The maximum Gasteiger partial charge on any atom is 0.326 e. The lowest BCUT2D eigenvalue weighted by Crippen LogP contribution is -2.22. The molecule has 0 radical (unpaired) electrons. The second kappa shape index (κ2) is 4.66. The monoisotopic (exact) mass is 246 g/mol. The number of benzene rings is 1. The van der Waals surface area contributed by atoms with Gasteiger partial charge in [-0.05, 0) is 19.1 Å². The molecular weight excluding hydrogens is 236 g/mol. The molecule has 0 aliphatic carbocycles. The predicted molar refractivity (Wildman–Crippen MR) is 64.7 cm³/mol. The minimum Gasteiger partial charge on any atom is -0.506 e. The molecule has 0 bridgehead atoms. The summed E-state index contributed by atoms with van der Waals surface area (Å²) >= 11 is 0. The molecule has 0 amide bonds. The Labute approximate surface area is 101 Å². The second-order valence-electron chi connectivity index (χ2n) is 3.57. The van der Waals surface area contributed by atoms with Crippen molar-refractivity contribution in [2.24, 2.45) is 10.2 Å². The Balaban J connectivity index is 2.45. The molecule has 7 heteroatoms. The van der Waals surface area contributed by atoms with Crippen molar-refractivity contribution in [1.82, 2.24) is 9.97 Å². The van der Waals surface area contributed by atoms with E-state index in [1.165, 1.54) is 13.0 Å². The second-order valence-corrected chi connectivity index (χ2v) is 3.57. The summed E-state index contributed by atoms with van der Waals surface area (Å²) in [5.41, 5.74) is -0.683. The van der Waals surface area contributed by atoms with Gasteiger partial charge in [0.25, 0.3) is 5.56 Å². The zero-order valence-electron chi connectivity index (χ0n) is 9.47. The number of hydrogen-bond donors (Lipinski definition) is 3. The average molecular weight is 246 g/mol. The summed E-state index contributed by atoms with van der Waals surface area (Å²) in [5.74, 6) is -0.0419. The number of aromatic amines is 2. The van der Waals surface area contributed by atoms with Crippen molar-refractivity contribution in [1.29, 1.82) is 0 Å². The Kier molecular flexibility index (Phi) is 3.05. The summed E-state index contributed by atoms with van der Waals surface area (Å²) in [7, 11) is 0. The molecule has 0 aliphatic rings. The van der Waals surface area contributed by atoms with E-state index in [2.05, 4.69) is 15.2 Å². The lowest BCUT2D eigenvalue weighted by molar-refractivity contribution is 0.476. The highest BCUT2D eigenvalue weighted by atomic mass is 16.3. The molecule has 0 spiro atoms. The Hall–Kier alpha value is -2.70. The third kappa shape index (κ3) is 2.34. The van der Waals surface area contributed by atoms with E-state index in [4.69, 9.17) is 0 Å². The summed E-state index contributed by atoms with van der Waals surface area (Å²) in [6.45, 7) is 1.54. The number of H-pyrrole nitrogens is 2. The first-order valence-corrected chi connectivity index (χ1v) is 5.11. The molecule has 0 aliphatic heterocycles. The van der Waals surface area contributed by atoms with Crippen molar-refractivity contribution >= 4 is 11.4 Å². The van der Waals surface area contributed by atoms with Crippen molar-refractivity contribution in [2.45, 2.75) is 6.92 Å². The Morgan fingerprint density at radius 1 is 1.11 bits per heavy atom. The van der Waals surface area contributed by atoms with Crippen molar-refractivity contribution < 1.29 is 5.11 Å². The van der Waals surface area contributed by atoms with Crippen LogP contribution in [0.3, 0.4) is 0 Å². The molecule has 1 aromatic heterocycles. The molecule has 0 saturated heterocycles. The van der Waals surface area contributed by atoms with Crippen LogP contribution < -0.4 is 11.2 Å². The van der Waals surface area contributed by atoms with Crippen molar-refractivity contribution in [3.05, 3.63) is 50.8 Å². The molecule has 0 fully saturated rings. The van der Waals surface area contributed by atoms with Crippen LogP contribution in [0.2, 0.25) is 0 Å². The van der Waals surface area contributed by atoms with E-state index in [9.17, 15) is 14.7 Å². The SMILES string of the molecule is Cc1[nH]c(=O)[nH]c(=O)c1N=Nc1ccccc1O. The Morgan fingerprint density at radius 3 is 2.50 bits per heavy atom. The number of nitrogens with one attached hydrogen (secondary N) is 2. The molecule has 2 rings (SSSR count). The summed E-state index contributed by atoms with van der Waals surface area (Å²) < 4.78 is 0. The van der Waals surface area contributed by atoms with Crippen molar-refractivity contribution in [2.75, 3.05) is 0 Å². The molecule has 1 heterocycles.